The van der Waals surface area contributed by atoms with Crippen molar-refractivity contribution in [2.75, 3.05) is 12.4 Å². The van der Waals surface area contributed by atoms with Crippen molar-refractivity contribution in [3.8, 4) is 0 Å². The summed E-state index contributed by atoms with van der Waals surface area (Å²) in [4.78, 5) is 20.3. The predicted molar refractivity (Wildman–Crippen MR) is 69.3 cm³/mol. The Bertz CT molecular complexity index is 581. The minimum absolute atomic E-state index is 0.201. The SMILES string of the molecule is COC(C)(C)C(=O)Nc1ccc2nccnc2c1. The third-order valence-electron chi connectivity index (χ3n) is 2.78. The molecule has 5 nitrogen and oxygen atoms in total. The summed E-state index contributed by atoms with van der Waals surface area (Å²) in [5.74, 6) is -0.201. The number of fused-ring (bicyclic) bond motifs is 1. The second-order valence-corrected chi connectivity index (χ2v) is 4.43. The lowest BCUT2D eigenvalue weighted by Crippen LogP contribution is -2.38. The fourth-order valence-corrected chi connectivity index (χ4v) is 1.42. The van der Waals surface area contributed by atoms with Gasteiger partial charge in [-0.3, -0.25) is 14.8 Å². The largest absolute Gasteiger partial charge is 0.369 e. The number of ether oxygens (including phenoxy) is 1. The summed E-state index contributed by atoms with van der Waals surface area (Å²) < 4.78 is 5.12. The highest BCUT2D eigenvalue weighted by molar-refractivity contribution is 5.97. The van der Waals surface area contributed by atoms with Crippen molar-refractivity contribution in [3.05, 3.63) is 30.6 Å². The zero-order valence-corrected chi connectivity index (χ0v) is 10.6. The summed E-state index contributed by atoms with van der Waals surface area (Å²) in [7, 11) is 1.51. The summed E-state index contributed by atoms with van der Waals surface area (Å²) in [5, 5.41) is 2.79. The molecular weight excluding hydrogens is 230 g/mol. The van der Waals surface area contributed by atoms with E-state index in [1.54, 1.807) is 38.4 Å². The fourth-order valence-electron chi connectivity index (χ4n) is 1.42. The molecule has 0 radical (unpaired) electrons. The lowest BCUT2D eigenvalue weighted by atomic mass is 10.1. The van der Waals surface area contributed by atoms with Crippen LogP contribution in [0.5, 0.6) is 0 Å². The van der Waals surface area contributed by atoms with E-state index in [1.165, 1.54) is 7.11 Å². The Morgan fingerprint density at radius 3 is 2.56 bits per heavy atom. The first kappa shape index (κ1) is 12.4. The van der Waals surface area contributed by atoms with Gasteiger partial charge in [-0.05, 0) is 32.0 Å². The first-order chi connectivity index (χ1) is 8.53. The molecule has 0 aliphatic carbocycles. The molecule has 0 aliphatic heterocycles. The molecular formula is C13H15N3O2. The van der Waals surface area contributed by atoms with Crippen LogP contribution < -0.4 is 5.32 Å². The maximum Gasteiger partial charge on any atom is 0.256 e. The van der Waals surface area contributed by atoms with Crippen LogP contribution in [0.3, 0.4) is 0 Å². The number of carbonyl (C=O) groups excluding carboxylic acids is 1. The monoisotopic (exact) mass is 245 g/mol. The standard InChI is InChI=1S/C13H15N3O2/c1-13(2,18-3)12(17)16-9-4-5-10-11(8-9)15-7-6-14-10/h4-8H,1-3H3,(H,16,17). The number of hydrogen-bond donors (Lipinski definition) is 1. The maximum atomic E-state index is 11.9. The lowest BCUT2D eigenvalue weighted by Gasteiger charge is -2.21. The first-order valence-electron chi connectivity index (χ1n) is 5.60. The molecule has 1 amide bonds. The van der Waals surface area contributed by atoms with E-state index in [1.807, 2.05) is 6.07 Å². The Morgan fingerprint density at radius 2 is 1.89 bits per heavy atom. The van der Waals surface area contributed by atoms with Crippen molar-refractivity contribution < 1.29 is 9.53 Å². The van der Waals surface area contributed by atoms with Gasteiger partial charge in [-0.1, -0.05) is 0 Å². The minimum atomic E-state index is -0.864. The van der Waals surface area contributed by atoms with Gasteiger partial charge in [0, 0.05) is 25.2 Å². The van der Waals surface area contributed by atoms with Crippen LogP contribution in [0.25, 0.3) is 11.0 Å². The van der Waals surface area contributed by atoms with Gasteiger partial charge in [0.15, 0.2) is 0 Å². The minimum Gasteiger partial charge on any atom is -0.369 e. The molecule has 0 aliphatic rings. The van der Waals surface area contributed by atoms with E-state index >= 15 is 0 Å². The number of amides is 1. The van der Waals surface area contributed by atoms with Crippen LogP contribution in [0, 0.1) is 0 Å². The Labute approximate surface area is 105 Å². The fraction of sp³-hybridized carbons (Fsp3) is 0.308. The number of benzene rings is 1. The van der Waals surface area contributed by atoms with Crippen LogP contribution in [0.15, 0.2) is 30.6 Å². The Balaban J connectivity index is 2.25. The van der Waals surface area contributed by atoms with Crippen molar-refractivity contribution in [3.63, 3.8) is 0 Å². The van der Waals surface area contributed by atoms with Gasteiger partial charge >= 0.3 is 0 Å². The lowest BCUT2D eigenvalue weighted by molar-refractivity contribution is -0.133. The van der Waals surface area contributed by atoms with Gasteiger partial charge in [0.05, 0.1) is 11.0 Å². The molecule has 1 aromatic carbocycles. The van der Waals surface area contributed by atoms with Crippen LogP contribution in [0.4, 0.5) is 5.69 Å². The van der Waals surface area contributed by atoms with E-state index in [0.717, 1.165) is 11.0 Å². The average molecular weight is 245 g/mol. The molecule has 1 aromatic heterocycles. The second kappa shape index (κ2) is 4.70. The maximum absolute atomic E-state index is 11.9. The Hall–Kier alpha value is -2.01. The summed E-state index contributed by atoms with van der Waals surface area (Å²) in [5.41, 5.74) is 1.35. The molecule has 1 N–H and O–H groups in total. The van der Waals surface area contributed by atoms with Crippen LogP contribution in [0.2, 0.25) is 0 Å². The van der Waals surface area contributed by atoms with Gasteiger partial charge in [0.2, 0.25) is 0 Å². The van der Waals surface area contributed by atoms with Crippen molar-refractivity contribution >= 4 is 22.6 Å². The first-order valence-corrected chi connectivity index (χ1v) is 5.60. The number of nitrogens with zero attached hydrogens (tertiary/aromatic N) is 2. The third kappa shape index (κ3) is 2.46. The van der Waals surface area contributed by atoms with Crippen molar-refractivity contribution in [2.24, 2.45) is 0 Å². The highest BCUT2D eigenvalue weighted by Crippen LogP contribution is 2.17. The molecule has 18 heavy (non-hydrogen) atoms. The van der Waals surface area contributed by atoms with Crippen LogP contribution in [0.1, 0.15) is 13.8 Å². The molecule has 0 atom stereocenters. The molecule has 94 valence electrons. The highest BCUT2D eigenvalue weighted by atomic mass is 16.5. The van der Waals surface area contributed by atoms with Gasteiger partial charge < -0.3 is 10.1 Å². The molecule has 0 unspecified atom stereocenters. The second-order valence-electron chi connectivity index (χ2n) is 4.43. The smallest absolute Gasteiger partial charge is 0.256 e. The van der Waals surface area contributed by atoms with Crippen LogP contribution in [-0.4, -0.2) is 28.6 Å². The topological polar surface area (TPSA) is 64.1 Å². The van der Waals surface area contributed by atoms with Crippen molar-refractivity contribution in [1.29, 1.82) is 0 Å². The molecule has 1 heterocycles. The van der Waals surface area contributed by atoms with Crippen molar-refractivity contribution in [2.45, 2.75) is 19.4 Å². The number of aromatic nitrogens is 2. The number of anilines is 1. The average Bonchev–Trinajstić information content (AvgIpc) is 2.38. The molecule has 2 aromatic rings. The summed E-state index contributed by atoms with van der Waals surface area (Å²) in [6.07, 6.45) is 3.25. The number of hydrogen-bond acceptors (Lipinski definition) is 4. The molecule has 0 saturated heterocycles. The van der Waals surface area contributed by atoms with Gasteiger partial charge in [0.1, 0.15) is 5.60 Å². The third-order valence-corrected chi connectivity index (χ3v) is 2.78. The van der Waals surface area contributed by atoms with E-state index in [9.17, 15) is 4.79 Å². The zero-order chi connectivity index (χ0) is 13.2. The highest BCUT2D eigenvalue weighted by Gasteiger charge is 2.26. The molecule has 2 rings (SSSR count). The Morgan fingerprint density at radius 1 is 1.22 bits per heavy atom. The van der Waals surface area contributed by atoms with E-state index in [-0.39, 0.29) is 5.91 Å². The van der Waals surface area contributed by atoms with Gasteiger partial charge in [-0.25, -0.2) is 0 Å². The molecule has 0 saturated carbocycles. The summed E-state index contributed by atoms with van der Waals surface area (Å²) >= 11 is 0. The number of rotatable bonds is 3. The van der Waals surface area contributed by atoms with Crippen LogP contribution in [-0.2, 0) is 9.53 Å². The van der Waals surface area contributed by atoms with E-state index < -0.39 is 5.60 Å². The normalized spacial score (nSPS) is 11.5. The molecule has 5 heteroatoms. The van der Waals surface area contributed by atoms with E-state index in [2.05, 4.69) is 15.3 Å². The zero-order valence-electron chi connectivity index (χ0n) is 10.6. The quantitative estimate of drug-likeness (QED) is 0.898. The van der Waals surface area contributed by atoms with Crippen LogP contribution >= 0.6 is 0 Å². The summed E-state index contributed by atoms with van der Waals surface area (Å²) in [6, 6.07) is 5.39. The molecule has 0 bridgehead atoms. The number of carbonyl (C=O) groups is 1. The van der Waals surface area contributed by atoms with Gasteiger partial charge in [-0.15, -0.1) is 0 Å². The summed E-state index contributed by atoms with van der Waals surface area (Å²) in [6.45, 7) is 3.42. The predicted octanol–water partition coefficient (Wildman–Crippen LogP) is 1.99. The Kier molecular flexibility index (Phi) is 3.25. The van der Waals surface area contributed by atoms with Gasteiger partial charge in [0.25, 0.3) is 5.91 Å². The molecule has 0 fully saturated rings. The van der Waals surface area contributed by atoms with Crippen molar-refractivity contribution in [1.82, 2.24) is 9.97 Å². The van der Waals surface area contributed by atoms with Gasteiger partial charge in [-0.2, -0.15) is 0 Å². The van der Waals surface area contributed by atoms with E-state index in [0.29, 0.717) is 5.69 Å². The number of methoxy groups -OCH3 is 1. The molecule has 0 spiro atoms. The van der Waals surface area contributed by atoms with E-state index in [4.69, 9.17) is 4.74 Å². The number of nitrogens with one attached hydrogen (secondary N) is 1.